The van der Waals surface area contributed by atoms with E-state index in [0.29, 0.717) is 5.69 Å². The Balaban J connectivity index is 1.99. The van der Waals surface area contributed by atoms with Crippen LogP contribution in [0, 0.1) is 0 Å². The number of hydrogen-bond donors (Lipinski definition) is 2. The average molecular weight is 326 g/mol. The summed E-state index contributed by atoms with van der Waals surface area (Å²) in [6.07, 6.45) is -7.17. The van der Waals surface area contributed by atoms with E-state index in [4.69, 9.17) is 5.11 Å². The van der Waals surface area contributed by atoms with Gasteiger partial charge in [-0.15, -0.1) is 0 Å². The van der Waals surface area contributed by atoms with Crippen molar-refractivity contribution in [1.82, 2.24) is 4.90 Å². The van der Waals surface area contributed by atoms with Gasteiger partial charge in [-0.05, 0) is 18.5 Å². The lowest BCUT2D eigenvalue weighted by Gasteiger charge is -2.21. The minimum Gasteiger partial charge on any atom is -0.382 e. The smallest absolute Gasteiger partial charge is 0.382 e. The molecular weight excluding hydrogens is 309 g/mol. The monoisotopic (exact) mass is 326 g/mol. The van der Waals surface area contributed by atoms with E-state index in [0.717, 1.165) is 15.7 Å². The Kier molecular flexibility index (Phi) is 5.23. The third-order valence-electron chi connectivity index (χ3n) is 3.34. The van der Waals surface area contributed by atoms with E-state index < -0.39 is 24.7 Å². The van der Waals surface area contributed by atoms with E-state index >= 15 is 0 Å². The summed E-state index contributed by atoms with van der Waals surface area (Å²) < 4.78 is 36.9. The van der Waals surface area contributed by atoms with Crippen LogP contribution >= 0.6 is 0 Å². The number of benzene rings is 2. The Labute approximate surface area is 131 Å². The molecule has 0 aliphatic heterocycles. The number of aliphatic hydroxyl groups excluding tert-OH is 1. The zero-order valence-corrected chi connectivity index (χ0v) is 12.5. The third-order valence-corrected chi connectivity index (χ3v) is 3.34. The van der Waals surface area contributed by atoms with Gasteiger partial charge in [0.2, 0.25) is 5.91 Å². The molecule has 0 heterocycles. The van der Waals surface area contributed by atoms with Gasteiger partial charge in [-0.25, -0.2) is 0 Å². The molecule has 7 heteroatoms. The average Bonchev–Trinajstić information content (AvgIpc) is 2.46. The molecule has 0 bridgehead atoms. The van der Waals surface area contributed by atoms with Crippen molar-refractivity contribution in [1.29, 1.82) is 0 Å². The van der Waals surface area contributed by atoms with Gasteiger partial charge in [-0.2, -0.15) is 13.2 Å². The molecule has 124 valence electrons. The number of carbonyl (C=O) groups excluding carboxylic acids is 1. The normalized spacial score (nSPS) is 13.3. The molecular formula is C16H17F3N2O2. The highest BCUT2D eigenvalue weighted by molar-refractivity contribution is 6.02. The number of nitrogens with zero attached hydrogens (tertiary/aromatic N) is 1. The molecule has 2 aromatic carbocycles. The molecule has 0 radical (unpaired) electrons. The first-order valence-corrected chi connectivity index (χ1v) is 6.98. The van der Waals surface area contributed by atoms with Gasteiger partial charge in [0.15, 0.2) is 6.10 Å². The predicted molar refractivity (Wildman–Crippen MR) is 82.1 cm³/mol. The maximum absolute atomic E-state index is 12.3. The van der Waals surface area contributed by atoms with E-state index in [1.807, 2.05) is 30.3 Å². The molecule has 1 amide bonds. The molecule has 2 rings (SSSR count). The van der Waals surface area contributed by atoms with Crippen LogP contribution in [-0.2, 0) is 4.79 Å². The Morgan fingerprint density at radius 1 is 1.22 bits per heavy atom. The zero-order valence-electron chi connectivity index (χ0n) is 12.5. The second-order valence-electron chi connectivity index (χ2n) is 5.33. The number of halogens is 3. The summed E-state index contributed by atoms with van der Waals surface area (Å²) >= 11 is 0. The van der Waals surface area contributed by atoms with Crippen molar-refractivity contribution < 1.29 is 23.1 Å². The molecule has 1 unspecified atom stereocenters. The summed E-state index contributed by atoms with van der Waals surface area (Å²) in [5.41, 5.74) is 0.595. The number of hydrogen-bond acceptors (Lipinski definition) is 3. The molecule has 2 aromatic rings. The van der Waals surface area contributed by atoms with Crippen molar-refractivity contribution in [3.8, 4) is 0 Å². The number of alkyl halides is 3. The molecule has 0 fully saturated rings. The van der Waals surface area contributed by atoms with Crippen LogP contribution in [0.4, 0.5) is 18.9 Å². The van der Waals surface area contributed by atoms with Crippen LogP contribution in [0.2, 0.25) is 0 Å². The largest absolute Gasteiger partial charge is 0.415 e. The van der Waals surface area contributed by atoms with E-state index in [-0.39, 0.29) is 6.54 Å². The molecule has 23 heavy (non-hydrogen) atoms. The maximum atomic E-state index is 12.3. The number of fused-ring (bicyclic) bond motifs is 1. The lowest BCUT2D eigenvalue weighted by atomic mass is 10.1. The summed E-state index contributed by atoms with van der Waals surface area (Å²) in [5, 5.41) is 13.5. The lowest BCUT2D eigenvalue weighted by molar-refractivity contribution is -0.207. The summed E-state index contributed by atoms with van der Waals surface area (Å²) in [7, 11) is 1.34. The first kappa shape index (κ1) is 17.2. The van der Waals surface area contributed by atoms with Gasteiger partial charge in [-0.1, -0.05) is 36.4 Å². The SMILES string of the molecule is CN(CC(=O)Nc1cccc2ccccc12)CC(O)C(F)(F)F. The molecule has 1 atom stereocenters. The Morgan fingerprint density at radius 3 is 2.57 bits per heavy atom. The van der Waals surface area contributed by atoms with Crippen LogP contribution in [0.5, 0.6) is 0 Å². The number of carbonyl (C=O) groups is 1. The van der Waals surface area contributed by atoms with Crippen LogP contribution in [-0.4, -0.2) is 48.3 Å². The molecule has 0 aliphatic carbocycles. The summed E-state index contributed by atoms with van der Waals surface area (Å²) in [4.78, 5) is 13.1. The number of anilines is 1. The highest BCUT2D eigenvalue weighted by atomic mass is 19.4. The highest BCUT2D eigenvalue weighted by Gasteiger charge is 2.38. The van der Waals surface area contributed by atoms with Crippen molar-refractivity contribution in [3.63, 3.8) is 0 Å². The predicted octanol–water partition coefficient (Wildman–Crippen LogP) is 2.63. The number of rotatable bonds is 5. The Bertz CT molecular complexity index is 683. The Morgan fingerprint density at radius 2 is 1.87 bits per heavy atom. The molecule has 0 saturated carbocycles. The second-order valence-corrected chi connectivity index (χ2v) is 5.33. The standard InChI is InChI=1S/C16H17F3N2O2/c1-21(9-14(22)16(17,18)19)10-15(23)20-13-8-4-6-11-5-2-3-7-12(11)13/h2-8,14,22H,9-10H2,1H3,(H,20,23). The van der Waals surface area contributed by atoms with Crippen molar-refractivity contribution in [3.05, 3.63) is 42.5 Å². The van der Waals surface area contributed by atoms with Crippen molar-refractivity contribution in [2.75, 3.05) is 25.5 Å². The van der Waals surface area contributed by atoms with E-state index in [1.54, 1.807) is 12.1 Å². The second kappa shape index (κ2) is 6.97. The first-order valence-electron chi connectivity index (χ1n) is 6.98. The molecule has 2 N–H and O–H groups in total. The van der Waals surface area contributed by atoms with E-state index in [2.05, 4.69) is 5.32 Å². The topological polar surface area (TPSA) is 52.6 Å². The number of amides is 1. The number of aliphatic hydroxyl groups is 1. The van der Waals surface area contributed by atoms with Crippen molar-refractivity contribution >= 4 is 22.4 Å². The highest BCUT2D eigenvalue weighted by Crippen LogP contribution is 2.23. The van der Waals surface area contributed by atoms with Gasteiger partial charge >= 0.3 is 6.18 Å². The van der Waals surface area contributed by atoms with Gasteiger partial charge in [0.25, 0.3) is 0 Å². The summed E-state index contributed by atoms with van der Waals surface area (Å²) in [6, 6.07) is 12.9. The fraction of sp³-hybridized carbons (Fsp3) is 0.312. The molecule has 0 aromatic heterocycles. The van der Waals surface area contributed by atoms with E-state index in [1.165, 1.54) is 7.05 Å². The van der Waals surface area contributed by atoms with Crippen LogP contribution in [0.3, 0.4) is 0 Å². The van der Waals surface area contributed by atoms with Gasteiger partial charge in [0, 0.05) is 17.6 Å². The molecule has 0 aliphatic rings. The fourth-order valence-corrected chi connectivity index (χ4v) is 2.23. The van der Waals surface area contributed by atoms with Gasteiger partial charge in [-0.3, -0.25) is 9.69 Å². The van der Waals surface area contributed by atoms with Crippen LogP contribution in [0.15, 0.2) is 42.5 Å². The Hall–Kier alpha value is -2.12. The minimum absolute atomic E-state index is 0.254. The number of likely N-dealkylation sites (N-methyl/N-ethyl adjacent to an activating group) is 1. The van der Waals surface area contributed by atoms with Crippen molar-refractivity contribution in [2.45, 2.75) is 12.3 Å². The quantitative estimate of drug-likeness (QED) is 0.888. The molecule has 0 saturated heterocycles. The fourth-order valence-electron chi connectivity index (χ4n) is 2.23. The van der Waals surface area contributed by atoms with Crippen molar-refractivity contribution in [2.24, 2.45) is 0 Å². The minimum atomic E-state index is -4.69. The lowest BCUT2D eigenvalue weighted by Crippen LogP contribution is -2.42. The third kappa shape index (κ3) is 4.67. The van der Waals surface area contributed by atoms with Gasteiger partial charge in [0.1, 0.15) is 0 Å². The summed E-state index contributed by atoms with van der Waals surface area (Å²) in [6.45, 7) is -0.914. The number of nitrogens with one attached hydrogen (secondary N) is 1. The van der Waals surface area contributed by atoms with Gasteiger partial charge in [0.05, 0.1) is 6.54 Å². The van der Waals surface area contributed by atoms with Gasteiger partial charge < -0.3 is 10.4 Å². The zero-order chi connectivity index (χ0) is 17.0. The van der Waals surface area contributed by atoms with Crippen LogP contribution in [0.1, 0.15) is 0 Å². The van der Waals surface area contributed by atoms with Crippen LogP contribution in [0.25, 0.3) is 10.8 Å². The van der Waals surface area contributed by atoms with Crippen LogP contribution < -0.4 is 5.32 Å². The summed E-state index contributed by atoms with van der Waals surface area (Å²) in [5.74, 6) is -0.446. The first-order chi connectivity index (χ1) is 10.8. The molecule has 4 nitrogen and oxygen atoms in total. The maximum Gasteiger partial charge on any atom is 0.415 e. The van der Waals surface area contributed by atoms with E-state index in [9.17, 15) is 18.0 Å². The molecule has 0 spiro atoms.